The smallest absolute Gasteiger partial charge is 0.263 e. The van der Waals surface area contributed by atoms with Crippen LogP contribution in [0.15, 0.2) is 42.6 Å². The first-order chi connectivity index (χ1) is 10.6. The average Bonchev–Trinajstić information content (AvgIpc) is 3.13. The molecule has 0 saturated carbocycles. The second-order valence-corrected chi connectivity index (χ2v) is 6.22. The minimum absolute atomic E-state index is 0.0110. The molecule has 0 saturated heterocycles. The first kappa shape index (κ1) is 14.5. The second kappa shape index (κ2) is 5.73. The number of rotatable bonds is 3. The highest BCUT2D eigenvalue weighted by Gasteiger charge is 2.16. The summed E-state index contributed by atoms with van der Waals surface area (Å²) < 4.78 is 1.81. The maximum atomic E-state index is 12.1. The summed E-state index contributed by atoms with van der Waals surface area (Å²) in [7, 11) is 3.51. The first-order valence-electron chi connectivity index (χ1n) is 6.86. The van der Waals surface area contributed by atoms with Crippen molar-refractivity contribution in [3.63, 3.8) is 0 Å². The summed E-state index contributed by atoms with van der Waals surface area (Å²) in [5.41, 5.74) is 1.86. The van der Waals surface area contributed by atoms with Gasteiger partial charge in [-0.2, -0.15) is 5.10 Å². The van der Waals surface area contributed by atoms with Crippen molar-refractivity contribution < 1.29 is 4.79 Å². The van der Waals surface area contributed by atoms with Crippen LogP contribution in [0.4, 0.5) is 0 Å². The predicted octanol–water partition coefficient (Wildman–Crippen LogP) is 3.01. The van der Waals surface area contributed by atoms with Crippen LogP contribution in [-0.4, -0.2) is 39.7 Å². The monoisotopic (exact) mass is 312 g/mol. The molecule has 0 bridgehead atoms. The van der Waals surface area contributed by atoms with Crippen LogP contribution >= 0.6 is 11.3 Å². The van der Waals surface area contributed by atoms with E-state index in [4.69, 9.17) is 0 Å². The number of pyridine rings is 1. The van der Waals surface area contributed by atoms with Gasteiger partial charge in [-0.05, 0) is 37.3 Å². The molecule has 0 aromatic carbocycles. The van der Waals surface area contributed by atoms with Crippen molar-refractivity contribution in [2.45, 2.75) is 6.92 Å². The zero-order valence-electron chi connectivity index (χ0n) is 12.6. The van der Waals surface area contributed by atoms with Crippen molar-refractivity contribution in [3.05, 3.63) is 53.2 Å². The lowest BCUT2D eigenvalue weighted by molar-refractivity contribution is 0.0832. The Morgan fingerprint density at radius 2 is 2.05 bits per heavy atom. The third-order valence-corrected chi connectivity index (χ3v) is 4.27. The van der Waals surface area contributed by atoms with E-state index in [1.165, 1.54) is 11.3 Å². The summed E-state index contributed by atoms with van der Waals surface area (Å²) in [6.07, 6.45) is 1.74. The van der Waals surface area contributed by atoms with Gasteiger partial charge in [-0.1, -0.05) is 6.07 Å². The van der Waals surface area contributed by atoms with Gasteiger partial charge >= 0.3 is 0 Å². The fourth-order valence-corrected chi connectivity index (χ4v) is 3.17. The maximum Gasteiger partial charge on any atom is 0.263 e. The lowest BCUT2D eigenvalue weighted by Gasteiger charge is -2.07. The van der Waals surface area contributed by atoms with E-state index in [9.17, 15) is 4.79 Å². The molecular formula is C16H16N4OS. The minimum atomic E-state index is 0.0110. The third kappa shape index (κ3) is 2.65. The van der Waals surface area contributed by atoms with Crippen LogP contribution in [0.5, 0.6) is 0 Å². The molecule has 0 atom stereocenters. The van der Waals surface area contributed by atoms with Gasteiger partial charge in [-0.15, -0.1) is 11.3 Å². The van der Waals surface area contributed by atoms with Crippen LogP contribution in [-0.2, 0) is 0 Å². The van der Waals surface area contributed by atoms with Crippen LogP contribution < -0.4 is 0 Å². The van der Waals surface area contributed by atoms with E-state index in [0.717, 1.165) is 22.1 Å². The Hall–Kier alpha value is -2.47. The molecule has 0 spiro atoms. The van der Waals surface area contributed by atoms with Crippen LogP contribution in [0.2, 0.25) is 0 Å². The van der Waals surface area contributed by atoms with Gasteiger partial charge in [0.05, 0.1) is 21.1 Å². The van der Waals surface area contributed by atoms with Crippen molar-refractivity contribution in [3.8, 4) is 16.4 Å². The Labute approximate surface area is 132 Å². The van der Waals surface area contributed by atoms with Crippen LogP contribution in [0.25, 0.3) is 16.4 Å². The highest BCUT2D eigenvalue weighted by Crippen LogP contribution is 2.30. The number of nitrogens with zero attached hydrogens (tertiary/aromatic N) is 4. The molecule has 0 N–H and O–H groups in total. The van der Waals surface area contributed by atoms with Crippen molar-refractivity contribution in [2.24, 2.45) is 0 Å². The van der Waals surface area contributed by atoms with Gasteiger partial charge in [0.25, 0.3) is 5.91 Å². The van der Waals surface area contributed by atoms with E-state index in [2.05, 4.69) is 10.1 Å². The van der Waals surface area contributed by atoms with Gasteiger partial charge in [0.1, 0.15) is 0 Å². The Kier molecular flexibility index (Phi) is 3.77. The number of carbonyl (C=O) groups is 1. The molecule has 6 heteroatoms. The Bertz CT molecular complexity index is 805. The molecule has 3 rings (SSSR count). The van der Waals surface area contributed by atoms with E-state index in [-0.39, 0.29) is 5.91 Å². The Morgan fingerprint density at radius 1 is 1.23 bits per heavy atom. The zero-order chi connectivity index (χ0) is 15.7. The number of amides is 1. The minimum Gasteiger partial charge on any atom is -0.344 e. The average molecular weight is 312 g/mol. The number of aromatic nitrogens is 3. The van der Waals surface area contributed by atoms with Gasteiger partial charge in [0.15, 0.2) is 5.82 Å². The summed E-state index contributed by atoms with van der Waals surface area (Å²) >= 11 is 1.46. The SMILES string of the molecule is Cc1cc(-c2ccc(C(=O)N(C)C)s2)n(-c2ccccn2)n1. The van der Waals surface area contributed by atoms with Crippen molar-refractivity contribution in [1.29, 1.82) is 0 Å². The molecule has 0 aliphatic heterocycles. The van der Waals surface area contributed by atoms with E-state index in [0.29, 0.717) is 4.88 Å². The van der Waals surface area contributed by atoms with Crippen LogP contribution in [0.1, 0.15) is 15.4 Å². The quantitative estimate of drug-likeness (QED) is 0.747. The molecule has 3 heterocycles. The lowest BCUT2D eigenvalue weighted by Crippen LogP contribution is -2.20. The van der Waals surface area contributed by atoms with Crippen LogP contribution in [0.3, 0.4) is 0 Å². The summed E-state index contributed by atoms with van der Waals surface area (Å²) in [5, 5.41) is 4.51. The lowest BCUT2D eigenvalue weighted by atomic mass is 10.3. The molecule has 0 aliphatic rings. The highest BCUT2D eigenvalue weighted by atomic mass is 32.1. The molecule has 0 unspecified atom stereocenters. The van der Waals surface area contributed by atoms with Gasteiger partial charge in [0, 0.05) is 20.3 Å². The van der Waals surface area contributed by atoms with Gasteiger partial charge < -0.3 is 4.90 Å². The molecule has 0 radical (unpaired) electrons. The molecule has 0 aliphatic carbocycles. The number of carbonyl (C=O) groups excluding carboxylic acids is 1. The summed E-state index contributed by atoms with van der Waals surface area (Å²) in [5.74, 6) is 0.774. The fourth-order valence-electron chi connectivity index (χ4n) is 2.14. The van der Waals surface area contributed by atoms with E-state index in [1.807, 2.05) is 48.0 Å². The van der Waals surface area contributed by atoms with E-state index >= 15 is 0 Å². The summed E-state index contributed by atoms with van der Waals surface area (Å²) in [6, 6.07) is 11.5. The van der Waals surface area contributed by atoms with E-state index in [1.54, 1.807) is 25.2 Å². The maximum absolute atomic E-state index is 12.1. The Balaban J connectivity index is 2.05. The highest BCUT2D eigenvalue weighted by molar-refractivity contribution is 7.17. The third-order valence-electron chi connectivity index (χ3n) is 3.17. The number of hydrogen-bond donors (Lipinski definition) is 0. The fraction of sp³-hybridized carbons (Fsp3) is 0.188. The molecule has 3 aromatic heterocycles. The van der Waals surface area contributed by atoms with Crippen LogP contribution in [0, 0.1) is 6.92 Å². The molecule has 3 aromatic rings. The second-order valence-electron chi connectivity index (χ2n) is 5.13. The Morgan fingerprint density at radius 3 is 2.73 bits per heavy atom. The zero-order valence-corrected chi connectivity index (χ0v) is 13.5. The molecule has 112 valence electrons. The largest absolute Gasteiger partial charge is 0.344 e. The van der Waals surface area contributed by atoms with Gasteiger partial charge in [-0.3, -0.25) is 4.79 Å². The summed E-state index contributed by atoms with van der Waals surface area (Å²) in [6.45, 7) is 1.95. The molecule has 5 nitrogen and oxygen atoms in total. The standard InChI is InChI=1S/C16H16N4OS/c1-11-10-12(20(18-11)15-6-4-5-9-17-15)13-7-8-14(22-13)16(21)19(2)3/h4-10H,1-3H3. The molecular weight excluding hydrogens is 296 g/mol. The number of aryl methyl sites for hydroxylation is 1. The first-order valence-corrected chi connectivity index (χ1v) is 7.68. The predicted molar refractivity (Wildman–Crippen MR) is 87.4 cm³/mol. The molecule has 22 heavy (non-hydrogen) atoms. The van der Waals surface area contributed by atoms with Gasteiger partial charge in [-0.25, -0.2) is 9.67 Å². The van der Waals surface area contributed by atoms with Gasteiger partial charge in [0.2, 0.25) is 0 Å². The number of hydrogen-bond acceptors (Lipinski definition) is 4. The van der Waals surface area contributed by atoms with Crippen molar-refractivity contribution in [2.75, 3.05) is 14.1 Å². The van der Waals surface area contributed by atoms with E-state index < -0.39 is 0 Å². The normalized spacial score (nSPS) is 10.7. The van der Waals surface area contributed by atoms with Crippen molar-refractivity contribution >= 4 is 17.2 Å². The molecule has 1 amide bonds. The molecule has 0 fully saturated rings. The number of thiophene rings is 1. The topological polar surface area (TPSA) is 51.0 Å². The summed E-state index contributed by atoms with van der Waals surface area (Å²) in [4.78, 5) is 19.7. The van der Waals surface area contributed by atoms with Crippen molar-refractivity contribution in [1.82, 2.24) is 19.7 Å².